The van der Waals surface area contributed by atoms with E-state index in [1.54, 1.807) is 13.1 Å². The molecule has 20 heavy (non-hydrogen) atoms. The monoisotopic (exact) mass is 334 g/mol. The normalized spacial score (nSPS) is 12.7. The highest BCUT2D eigenvalue weighted by molar-refractivity contribution is 7.89. The quantitative estimate of drug-likeness (QED) is 0.841. The lowest BCUT2D eigenvalue weighted by Crippen LogP contribution is -2.44. The molecule has 0 aliphatic carbocycles. The van der Waals surface area contributed by atoms with Crippen LogP contribution in [0.4, 0.5) is 0 Å². The third-order valence-electron chi connectivity index (χ3n) is 3.57. The SMILES string of the molecule is CCC(C)(C)N(C)S(=O)(=O)c1ccc(C(N)=S)cc1Cl. The zero-order valence-corrected chi connectivity index (χ0v) is 14.4. The van der Waals surface area contributed by atoms with Gasteiger partial charge in [-0.1, -0.05) is 36.8 Å². The molecule has 0 aliphatic rings. The molecule has 0 radical (unpaired) electrons. The van der Waals surface area contributed by atoms with Crippen molar-refractivity contribution in [2.45, 2.75) is 37.6 Å². The molecule has 0 aromatic heterocycles. The summed E-state index contributed by atoms with van der Waals surface area (Å²) >= 11 is 10.9. The standard InChI is InChI=1S/C13H19ClN2O2S2/c1-5-13(2,3)16(4)20(17,18)11-7-6-9(12(15)19)8-10(11)14/h6-8H,5H2,1-4H3,(H2,15,19). The Morgan fingerprint density at radius 3 is 2.40 bits per heavy atom. The molecule has 0 spiro atoms. The van der Waals surface area contributed by atoms with E-state index in [4.69, 9.17) is 29.6 Å². The zero-order valence-electron chi connectivity index (χ0n) is 12.0. The van der Waals surface area contributed by atoms with Crippen LogP contribution >= 0.6 is 23.8 Å². The molecule has 0 unspecified atom stereocenters. The average Bonchev–Trinajstić information content (AvgIpc) is 2.37. The van der Waals surface area contributed by atoms with Gasteiger partial charge in [0.15, 0.2) is 0 Å². The number of benzene rings is 1. The van der Waals surface area contributed by atoms with Crippen LogP contribution in [-0.2, 0) is 10.0 Å². The number of sulfonamides is 1. The third-order valence-corrected chi connectivity index (χ3v) is 6.36. The molecule has 0 saturated carbocycles. The van der Waals surface area contributed by atoms with Gasteiger partial charge in [-0.05, 0) is 32.4 Å². The number of nitrogens with two attached hydrogens (primary N) is 1. The Balaban J connectivity index is 3.34. The van der Waals surface area contributed by atoms with Gasteiger partial charge in [-0.2, -0.15) is 4.31 Å². The van der Waals surface area contributed by atoms with Gasteiger partial charge in [0, 0.05) is 18.2 Å². The van der Waals surface area contributed by atoms with Crippen LogP contribution in [0.2, 0.25) is 5.02 Å². The smallest absolute Gasteiger partial charge is 0.244 e. The van der Waals surface area contributed by atoms with Crippen LogP contribution in [0.1, 0.15) is 32.8 Å². The topological polar surface area (TPSA) is 63.4 Å². The average molecular weight is 335 g/mol. The van der Waals surface area contributed by atoms with Crippen molar-refractivity contribution in [3.05, 3.63) is 28.8 Å². The molecule has 0 bridgehead atoms. The van der Waals surface area contributed by atoms with Crippen LogP contribution in [0, 0.1) is 0 Å². The fourth-order valence-electron chi connectivity index (χ4n) is 1.56. The highest BCUT2D eigenvalue weighted by Crippen LogP contribution is 2.30. The fraction of sp³-hybridized carbons (Fsp3) is 0.462. The summed E-state index contributed by atoms with van der Waals surface area (Å²) in [6.07, 6.45) is 0.686. The highest BCUT2D eigenvalue weighted by Gasteiger charge is 2.33. The van der Waals surface area contributed by atoms with Crippen LogP contribution in [0.15, 0.2) is 23.1 Å². The van der Waals surface area contributed by atoms with E-state index in [0.29, 0.717) is 12.0 Å². The summed E-state index contributed by atoms with van der Waals surface area (Å²) in [6.45, 7) is 5.66. The molecular weight excluding hydrogens is 316 g/mol. The molecule has 1 aromatic carbocycles. The lowest BCUT2D eigenvalue weighted by atomic mass is 10.0. The first-order valence-electron chi connectivity index (χ1n) is 6.12. The van der Waals surface area contributed by atoms with Gasteiger partial charge in [-0.25, -0.2) is 8.42 Å². The number of halogens is 1. The van der Waals surface area contributed by atoms with E-state index in [0.717, 1.165) is 0 Å². The van der Waals surface area contributed by atoms with Gasteiger partial charge in [0.2, 0.25) is 10.0 Å². The first-order valence-corrected chi connectivity index (χ1v) is 8.35. The Kier molecular flexibility index (Phi) is 5.18. The van der Waals surface area contributed by atoms with Crippen molar-refractivity contribution in [2.24, 2.45) is 5.73 Å². The zero-order chi connectivity index (χ0) is 15.7. The first kappa shape index (κ1) is 17.4. The molecule has 0 amide bonds. The minimum atomic E-state index is -3.66. The lowest BCUT2D eigenvalue weighted by molar-refractivity contribution is 0.257. The van der Waals surface area contributed by atoms with Crippen molar-refractivity contribution >= 4 is 38.8 Å². The van der Waals surface area contributed by atoms with Crippen LogP contribution in [0.3, 0.4) is 0 Å². The van der Waals surface area contributed by atoms with Crippen molar-refractivity contribution in [1.29, 1.82) is 0 Å². The molecule has 0 fully saturated rings. The molecule has 7 heteroatoms. The van der Waals surface area contributed by atoms with Crippen molar-refractivity contribution in [3.63, 3.8) is 0 Å². The predicted octanol–water partition coefficient (Wildman–Crippen LogP) is 2.78. The molecule has 0 atom stereocenters. The van der Waals surface area contributed by atoms with Gasteiger partial charge in [-0.3, -0.25) is 0 Å². The Morgan fingerprint density at radius 1 is 1.45 bits per heavy atom. The minimum absolute atomic E-state index is 0.0585. The van der Waals surface area contributed by atoms with Gasteiger partial charge in [0.05, 0.1) is 5.02 Å². The van der Waals surface area contributed by atoms with Crippen LogP contribution in [0.5, 0.6) is 0 Å². The van der Waals surface area contributed by atoms with E-state index in [1.807, 2.05) is 20.8 Å². The van der Waals surface area contributed by atoms with Crippen molar-refractivity contribution in [1.82, 2.24) is 4.31 Å². The maximum Gasteiger partial charge on any atom is 0.244 e. The molecular formula is C13H19ClN2O2S2. The third kappa shape index (κ3) is 3.31. The van der Waals surface area contributed by atoms with Crippen molar-refractivity contribution < 1.29 is 8.42 Å². The second-order valence-corrected chi connectivity index (χ2v) is 7.93. The number of thiocarbonyl (C=S) groups is 1. The summed E-state index contributed by atoms with van der Waals surface area (Å²) < 4.78 is 26.6. The summed E-state index contributed by atoms with van der Waals surface area (Å²) in [6, 6.07) is 4.48. The van der Waals surface area contributed by atoms with Gasteiger partial charge < -0.3 is 5.73 Å². The van der Waals surface area contributed by atoms with Crippen molar-refractivity contribution in [2.75, 3.05) is 7.05 Å². The summed E-state index contributed by atoms with van der Waals surface area (Å²) in [5.41, 5.74) is 5.55. The Labute approximate surface area is 131 Å². The van der Waals surface area contributed by atoms with Crippen LogP contribution in [0.25, 0.3) is 0 Å². The molecule has 112 valence electrons. The van der Waals surface area contributed by atoms with E-state index in [2.05, 4.69) is 0 Å². The second-order valence-electron chi connectivity index (χ2n) is 5.15. The van der Waals surface area contributed by atoms with Gasteiger partial charge in [0.1, 0.15) is 9.88 Å². The maximum atomic E-state index is 12.6. The molecule has 4 nitrogen and oxygen atoms in total. The molecule has 0 saturated heterocycles. The number of hydrogen-bond acceptors (Lipinski definition) is 3. The summed E-state index contributed by atoms with van der Waals surface area (Å²) in [5, 5.41) is 0.119. The highest BCUT2D eigenvalue weighted by atomic mass is 35.5. The Morgan fingerprint density at radius 2 is 2.00 bits per heavy atom. The van der Waals surface area contributed by atoms with Crippen LogP contribution in [-0.4, -0.2) is 30.3 Å². The summed E-state index contributed by atoms with van der Waals surface area (Å²) in [4.78, 5) is 0.237. The molecule has 0 aliphatic heterocycles. The first-order chi connectivity index (χ1) is 9.04. The minimum Gasteiger partial charge on any atom is -0.389 e. The summed E-state index contributed by atoms with van der Waals surface area (Å²) in [7, 11) is -2.11. The molecule has 2 N–H and O–H groups in total. The van der Waals surface area contributed by atoms with Crippen LogP contribution < -0.4 is 5.73 Å². The second kappa shape index (κ2) is 5.97. The number of nitrogens with zero attached hydrogens (tertiary/aromatic N) is 1. The van der Waals surface area contributed by atoms with E-state index >= 15 is 0 Å². The van der Waals surface area contributed by atoms with Gasteiger partial charge >= 0.3 is 0 Å². The number of hydrogen-bond donors (Lipinski definition) is 1. The maximum absolute atomic E-state index is 12.6. The predicted molar refractivity (Wildman–Crippen MR) is 86.7 cm³/mol. The Bertz CT molecular complexity index is 627. The fourth-order valence-corrected chi connectivity index (χ4v) is 3.78. The number of rotatable bonds is 5. The lowest BCUT2D eigenvalue weighted by Gasteiger charge is -2.33. The van der Waals surface area contributed by atoms with E-state index < -0.39 is 15.6 Å². The molecule has 1 aromatic rings. The molecule has 1 rings (SSSR count). The van der Waals surface area contributed by atoms with E-state index in [1.165, 1.54) is 16.4 Å². The van der Waals surface area contributed by atoms with Gasteiger partial charge in [0.25, 0.3) is 0 Å². The Hall–Kier alpha value is -0.690. The molecule has 0 heterocycles. The van der Waals surface area contributed by atoms with E-state index in [-0.39, 0.29) is 14.9 Å². The van der Waals surface area contributed by atoms with Gasteiger partial charge in [-0.15, -0.1) is 0 Å². The summed E-state index contributed by atoms with van der Waals surface area (Å²) in [5.74, 6) is 0. The van der Waals surface area contributed by atoms with E-state index in [9.17, 15) is 8.42 Å². The van der Waals surface area contributed by atoms with Crippen molar-refractivity contribution in [3.8, 4) is 0 Å². The largest absolute Gasteiger partial charge is 0.389 e.